The van der Waals surface area contributed by atoms with E-state index in [0.717, 1.165) is 11.4 Å². The van der Waals surface area contributed by atoms with Gasteiger partial charge in [-0.15, -0.1) is 0 Å². The van der Waals surface area contributed by atoms with Crippen LogP contribution in [-0.2, 0) is 9.59 Å². The van der Waals surface area contributed by atoms with Crippen molar-refractivity contribution in [2.24, 2.45) is 0 Å². The van der Waals surface area contributed by atoms with Gasteiger partial charge in [0.25, 0.3) is 0 Å². The first-order valence-electron chi connectivity index (χ1n) is 3.85. The van der Waals surface area contributed by atoms with E-state index < -0.39 is 0 Å². The van der Waals surface area contributed by atoms with Crippen molar-refractivity contribution in [1.29, 1.82) is 0 Å². The van der Waals surface area contributed by atoms with Gasteiger partial charge in [-0.3, -0.25) is 9.59 Å². The van der Waals surface area contributed by atoms with Crippen molar-refractivity contribution in [3.05, 3.63) is 0 Å². The Hall–Kier alpha value is -0.900. The molecule has 0 bridgehead atoms. The fraction of sp³-hybridized carbons (Fsp3) is 0.714. The van der Waals surface area contributed by atoms with Crippen LogP contribution in [0.5, 0.6) is 0 Å². The molecule has 62 valence electrons. The Morgan fingerprint density at radius 1 is 1.36 bits per heavy atom. The van der Waals surface area contributed by atoms with Gasteiger partial charge < -0.3 is 0 Å². The summed E-state index contributed by atoms with van der Waals surface area (Å²) in [5.74, 6) is -0.216. The third kappa shape index (κ3) is 1.77. The van der Waals surface area contributed by atoms with Crippen LogP contribution in [0.1, 0.15) is 26.2 Å². The highest BCUT2D eigenvalue weighted by molar-refractivity contribution is 6.01. The zero-order valence-electron chi connectivity index (χ0n) is 6.59. The molecule has 0 saturated carbocycles. The van der Waals surface area contributed by atoms with Crippen LogP contribution in [0, 0.1) is 0 Å². The van der Waals surface area contributed by atoms with Crippen LogP contribution in [0.4, 0.5) is 0 Å². The lowest BCUT2D eigenvalue weighted by Gasteiger charge is -2.13. The third-order valence-electron chi connectivity index (χ3n) is 1.57. The number of hydrogen-bond donors (Lipinski definition) is 1. The van der Waals surface area contributed by atoms with Gasteiger partial charge in [-0.1, -0.05) is 6.92 Å². The molecule has 1 fully saturated rings. The maximum Gasteiger partial charge on any atom is 0.244 e. The second-order valence-electron chi connectivity index (χ2n) is 2.53. The molecule has 0 spiro atoms. The van der Waals surface area contributed by atoms with Gasteiger partial charge in [-0.2, -0.15) is 0 Å². The SMILES string of the molecule is CCCNN1C(=O)CCC1=O. The highest BCUT2D eigenvalue weighted by Crippen LogP contribution is 2.07. The van der Waals surface area contributed by atoms with Crippen molar-refractivity contribution in [3.63, 3.8) is 0 Å². The molecule has 1 heterocycles. The second-order valence-corrected chi connectivity index (χ2v) is 2.53. The molecule has 2 amide bonds. The second kappa shape index (κ2) is 3.48. The zero-order valence-corrected chi connectivity index (χ0v) is 6.59. The molecule has 1 aliphatic heterocycles. The summed E-state index contributed by atoms with van der Waals surface area (Å²) in [6.07, 6.45) is 1.63. The van der Waals surface area contributed by atoms with Crippen molar-refractivity contribution in [2.45, 2.75) is 26.2 Å². The lowest BCUT2D eigenvalue weighted by Crippen LogP contribution is -2.42. The van der Waals surface area contributed by atoms with E-state index in [4.69, 9.17) is 0 Å². The Labute approximate surface area is 65.5 Å². The molecular weight excluding hydrogens is 144 g/mol. The summed E-state index contributed by atoms with van der Waals surface area (Å²) in [5, 5.41) is 1.13. The number of carbonyl (C=O) groups is 2. The molecule has 4 nitrogen and oxygen atoms in total. The van der Waals surface area contributed by atoms with Crippen molar-refractivity contribution < 1.29 is 9.59 Å². The largest absolute Gasteiger partial charge is 0.273 e. The molecular formula is C7H12N2O2. The van der Waals surface area contributed by atoms with Crippen molar-refractivity contribution in [3.8, 4) is 0 Å². The standard InChI is InChI=1S/C7H12N2O2/c1-2-5-8-9-6(10)3-4-7(9)11/h8H,2-5H2,1H3. The Bertz CT molecular complexity index is 163. The first-order valence-corrected chi connectivity index (χ1v) is 3.85. The molecule has 4 heteroatoms. The normalized spacial score (nSPS) is 18.1. The van der Waals surface area contributed by atoms with E-state index in [0.29, 0.717) is 19.4 Å². The van der Waals surface area contributed by atoms with Gasteiger partial charge in [0.2, 0.25) is 11.8 Å². The number of amides is 2. The van der Waals surface area contributed by atoms with Crippen molar-refractivity contribution in [2.75, 3.05) is 6.54 Å². The Balaban J connectivity index is 2.41. The number of rotatable bonds is 3. The monoisotopic (exact) mass is 156 g/mol. The fourth-order valence-corrected chi connectivity index (χ4v) is 0.977. The highest BCUT2D eigenvalue weighted by atomic mass is 16.2. The zero-order chi connectivity index (χ0) is 8.27. The van der Waals surface area contributed by atoms with E-state index in [9.17, 15) is 9.59 Å². The number of nitrogens with zero attached hydrogens (tertiary/aromatic N) is 1. The quantitative estimate of drug-likeness (QED) is 0.587. The molecule has 1 aliphatic rings. The predicted molar refractivity (Wildman–Crippen MR) is 39.4 cm³/mol. The van der Waals surface area contributed by atoms with E-state index in [1.165, 1.54) is 0 Å². The molecule has 1 N–H and O–H groups in total. The molecule has 11 heavy (non-hydrogen) atoms. The molecule has 0 aromatic heterocycles. The molecule has 1 rings (SSSR count). The van der Waals surface area contributed by atoms with Gasteiger partial charge in [-0.05, 0) is 6.42 Å². The minimum atomic E-state index is -0.108. The number of imide groups is 1. The summed E-state index contributed by atoms with van der Waals surface area (Å²) >= 11 is 0. The first kappa shape index (κ1) is 8.20. The van der Waals surface area contributed by atoms with Crippen LogP contribution in [-0.4, -0.2) is 23.4 Å². The highest BCUT2D eigenvalue weighted by Gasteiger charge is 2.28. The summed E-state index contributed by atoms with van der Waals surface area (Å²) in [6.45, 7) is 2.66. The number of hydrogen-bond acceptors (Lipinski definition) is 3. The average Bonchev–Trinajstić information content (AvgIpc) is 2.29. The van der Waals surface area contributed by atoms with Crippen LogP contribution >= 0.6 is 0 Å². The van der Waals surface area contributed by atoms with Gasteiger partial charge in [0.05, 0.1) is 0 Å². The number of nitrogens with one attached hydrogen (secondary N) is 1. The third-order valence-corrected chi connectivity index (χ3v) is 1.57. The van der Waals surface area contributed by atoms with E-state index in [-0.39, 0.29) is 11.8 Å². The minimum absolute atomic E-state index is 0.108. The summed E-state index contributed by atoms with van der Waals surface area (Å²) in [6, 6.07) is 0. The number of hydrazine groups is 1. The van der Waals surface area contributed by atoms with Crippen LogP contribution in [0.3, 0.4) is 0 Å². The maximum absolute atomic E-state index is 10.9. The first-order chi connectivity index (χ1) is 5.25. The maximum atomic E-state index is 10.9. The van der Waals surface area contributed by atoms with Crippen LogP contribution in [0.15, 0.2) is 0 Å². The molecule has 0 unspecified atom stereocenters. The topological polar surface area (TPSA) is 49.4 Å². The van der Waals surface area contributed by atoms with Crippen LogP contribution in [0.2, 0.25) is 0 Å². The van der Waals surface area contributed by atoms with E-state index in [2.05, 4.69) is 5.43 Å². The minimum Gasteiger partial charge on any atom is -0.273 e. The molecule has 0 aromatic rings. The molecule has 0 aliphatic carbocycles. The van der Waals surface area contributed by atoms with Crippen LogP contribution in [0.25, 0.3) is 0 Å². The van der Waals surface area contributed by atoms with E-state index >= 15 is 0 Å². The summed E-state index contributed by atoms with van der Waals surface area (Å²) in [4.78, 5) is 21.9. The van der Waals surface area contributed by atoms with Gasteiger partial charge in [0, 0.05) is 19.4 Å². The Morgan fingerprint density at radius 3 is 2.36 bits per heavy atom. The number of carbonyl (C=O) groups excluding carboxylic acids is 2. The molecule has 0 atom stereocenters. The summed E-state index contributed by atoms with van der Waals surface area (Å²) < 4.78 is 0. The van der Waals surface area contributed by atoms with E-state index in [1.807, 2.05) is 6.92 Å². The Morgan fingerprint density at radius 2 is 1.91 bits per heavy atom. The molecule has 0 radical (unpaired) electrons. The lowest BCUT2D eigenvalue weighted by molar-refractivity contribution is -0.142. The van der Waals surface area contributed by atoms with Gasteiger partial charge in [0.1, 0.15) is 0 Å². The lowest BCUT2D eigenvalue weighted by atomic mass is 10.4. The Kier molecular flexibility index (Phi) is 2.59. The molecule has 1 saturated heterocycles. The van der Waals surface area contributed by atoms with Gasteiger partial charge >= 0.3 is 0 Å². The summed E-state index contributed by atoms with van der Waals surface area (Å²) in [5.41, 5.74) is 2.77. The fourth-order valence-electron chi connectivity index (χ4n) is 0.977. The van der Waals surface area contributed by atoms with Crippen LogP contribution < -0.4 is 5.43 Å². The van der Waals surface area contributed by atoms with E-state index in [1.54, 1.807) is 0 Å². The van der Waals surface area contributed by atoms with Gasteiger partial charge in [-0.25, -0.2) is 10.4 Å². The molecule has 0 aromatic carbocycles. The van der Waals surface area contributed by atoms with Gasteiger partial charge in [0.15, 0.2) is 0 Å². The smallest absolute Gasteiger partial charge is 0.244 e. The average molecular weight is 156 g/mol. The summed E-state index contributed by atoms with van der Waals surface area (Å²) in [7, 11) is 0. The predicted octanol–water partition coefficient (Wildman–Crippen LogP) is 0.0500. The van der Waals surface area contributed by atoms with Crippen molar-refractivity contribution >= 4 is 11.8 Å². The van der Waals surface area contributed by atoms with Crippen molar-refractivity contribution in [1.82, 2.24) is 10.4 Å².